The third-order valence-electron chi connectivity index (χ3n) is 2.64. The molecular formula is C13H15NO2. The third kappa shape index (κ3) is 2.42. The molecule has 16 heavy (non-hydrogen) atoms. The van der Waals surface area contributed by atoms with E-state index in [9.17, 15) is 4.79 Å². The second-order valence-corrected chi connectivity index (χ2v) is 3.79. The number of cyclic esters (lactones) is 1. The van der Waals surface area contributed by atoms with Crippen molar-refractivity contribution in [2.24, 2.45) is 0 Å². The highest BCUT2D eigenvalue weighted by molar-refractivity contribution is 5.84. The number of esters is 1. The molecule has 1 aliphatic heterocycles. The maximum absolute atomic E-state index is 11.0. The van der Waals surface area contributed by atoms with Gasteiger partial charge in [0.25, 0.3) is 0 Å². The molecule has 1 aromatic rings. The van der Waals surface area contributed by atoms with Crippen molar-refractivity contribution in [1.82, 2.24) is 0 Å². The average Bonchev–Trinajstić information content (AvgIpc) is 2.74. The lowest BCUT2D eigenvalue weighted by Gasteiger charge is -2.22. The fourth-order valence-electron chi connectivity index (χ4n) is 1.77. The summed E-state index contributed by atoms with van der Waals surface area (Å²) in [6.07, 6.45) is 4.04. The van der Waals surface area contributed by atoms with Gasteiger partial charge in [-0.2, -0.15) is 0 Å². The number of carbonyl (C=O) groups excluding carboxylic acids is 1. The molecule has 3 nitrogen and oxygen atoms in total. The Bertz CT molecular complexity index is 386. The minimum Gasteiger partial charge on any atom is -0.453 e. The lowest BCUT2D eigenvalue weighted by atomic mass is 10.1. The summed E-state index contributed by atoms with van der Waals surface area (Å²) in [6, 6.07) is 10.1. The number of nitrogens with one attached hydrogen (secondary N) is 1. The van der Waals surface area contributed by atoms with E-state index in [4.69, 9.17) is 4.74 Å². The molecule has 3 heteroatoms. The summed E-state index contributed by atoms with van der Waals surface area (Å²) in [4.78, 5) is 11.0. The summed E-state index contributed by atoms with van der Waals surface area (Å²) in [6.45, 7) is 2.07. The Hall–Kier alpha value is -1.77. The van der Waals surface area contributed by atoms with Gasteiger partial charge in [-0.1, -0.05) is 25.1 Å². The predicted octanol–water partition coefficient (Wildman–Crippen LogP) is 2.36. The van der Waals surface area contributed by atoms with Gasteiger partial charge in [-0.15, -0.1) is 0 Å². The van der Waals surface area contributed by atoms with Gasteiger partial charge in [0.05, 0.1) is 6.04 Å². The Balaban J connectivity index is 2.01. The molecule has 0 fully saturated rings. The summed E-state index contributed by atoms with van der Waals surface area (Å²) < 4.78 is 5.17. The van der Waals surface area contributed by atoms with Crippen molar-refractivity contribution < 1.29 is 9.53 Å². The van der Waals surface area contributed by atoms with Crippen LogP contribution in [0, 0.1) is 0 Å². The van der Waals surface area contributed by atoms with Gasteiger partial charge in [0.1, 0.15) is 6.10 Å². The standard InChI is InChI=1S/C13H15NO2/c1-2-11(12-8-9-13(15)16-12)14-10-6-4-3-5-7-10/h3-9,11-12,14H,2H2,1H3. The van der Waals surface area contributed by atoms with Crippen LogP contribution < -0.4 is 5.32 Å². The van der Waals surface area contributed by atoms with Gasteiger partial charge in [-0.25, -0.2) is 4.79 Å². The van der Waals surface area contributed by atoms with E-state index in [2.05, 4.69) is 12.2 Å². The van der Waals surface area contributed by atoms with Crippen molar-refractivity contribution in [3.05, 3.63) is 42.5 Å². The fraction of sp³-hybridized carbons (Fsp3) is 0.308. The fourth-order valence-corrected chi connectivity index (χ4v) is 1.77. The van der Waals surface area contributed by atoms with Crippen molar-refractivity contribution in [1.29, 1.82) is 0 Å². The number of rotatable bonds is 4. The number of para-hydroxylation sites is 1. The molecule has 0 radical (unpaired) electrons. The zero-order chi connectivity index (χ0) is 11.4. The maximum Gasteiger partial charge on any atom is 0.331 e. The number of benzene rings is 1. The molecule has 1 N–H and O–H groups in total. The normalized spacial score (nSPS) is 20.6. The Kier molecular flexibility index (Phi) is 3.25. The average molecular weight is 217 g/mol. The zero-order valence-electron chi connectivity index (χ0n) is 9.22. The van der Waals surface area contributed by atoms with Crippen LogP contribution in [0.3, 0.4) is 0 Å². The lowest BCUT2D eigenvalue weighted by molar-refractivity contribution is -0.139. The molecule has 0 saturated heterocycles. The molecule has 84 valence electrons. The molecule has 2 atom stereocenters. The highest BCUT2D eigenvalue weighted by atomic mass is 16.5. The van der Waals surface area contributed by atoms with E-state index in [1.54, 1.807) is 0 Å². The largest absolute Gasteiger partial charge is 0.453 e. The van der Waals surface area contributed by atoms with Gasteiger partial charge in [0.15, 0.2) is 0 Å². The molecule has 2 unspecified atom stereocenters. The summed E-state index contributed by atoms with van der Waals surface area (Å²) in [7, 11) is 0. The van der Waals surface area contributed by atoms with Crippen molar-refractivity contribution in [3.8, 4) is 0 Å². The van der Waals surface area contributed by atoms with E-state index in [0.717, 1.165) is 12.1 Å². The molecule has 0 saturated carbocycles. The second-order valence-electron chi connectivity index (χ2n) is 3.79. The molecule has 1 aromatic carbocycles. The smallest absolute Gasteiger partial charge is 0.331 e. The summed E-state index contributed by atoms with van der Waals surface area (Å²) in [5, 5.41) is 3.36. The van der Waals surface area contributed by atoms with Crippen LogP contribution in [0.25, 0.3) is 0 Å². The number of anilines is 1. The van der Waals surface area contributed by atoms with Gasteiger partial charge < -0.3 is 10.1 Å². The van der Waals surface area contributed by atoms with Crippen molar-refractivity contribution in [3.63, 3.8) is 0 Å². The van der Waals surface area contributed by atoms with Crippen LogP contribution in [0.4, 0.5) is 5.69 Å². The summed E-state index contributed by atoms with van der Waals surface area (Å²) in [5.74, 6) is -0.252. The Morgan fingerprint density at radius 2 is 2.12 bits per heavy atom. The van der Waals surface area contributed by atoms with Crippen LogP contribution in [-0.4, -0.2) is 18.1 Å². The molecule has 0 bridgehead atoms. The molecule has 0 aliphatic carbocycles. The van der Waals surface area contributed by atoms with Crippen LogP contribution in [0.1, 0.15) is 13.3 Å². The number of carbonyl (C=O) groups is 1. The first-order chi connectivity index (χ1) is 7.79. The van der Waals surface area contributed by atoms with Crippen molar-refractivity contribution >= 4 is 11.7 Å². The number of ether oxygens (including phenoxy) is 1. The van der Waals surface area contributed by atoms with Gasteiger partial charge in [-0.05, 0) is 24.6 Å². The zero-order valence-corrected chi connectivity index (χ0v) is 9.22. The van der Waals surface area contributed by atoms with Crippen molar-refractivity contribution in [2.75, 3.05) is 5.32 Å². The van der Waals surface area contributed by atoms with E-state index in [1.807, 2.05) is 36.4 Å². The first-order valence-electron chi connectivity index (χ1n) is 5.50. The number of hydrogen-bond acceptors (Lipinski definition) is 3. The van der Waals surface area contributed by atoms with E-state index >= 15 is 0 Å². The molecule has 1 aliphatic rings. The van der Waals surface area contributed by atoms with Gasteiger partial charge >= 0.3 is 5.97 Å². The molecule has 1 heterocycles. The summed E-state index contributed by atoms with van der Waals surface area (Å²) >= 11 is 0. The molecule has 2 rings (SSSR count). The van der Waals surface area contributed by atoms with E-state index < -0.39 is 0 Å². The van der Waals surface area contributed by atoms with E-state index in [1.165, 1.54) is 6.08 Å². The van der Waals surface area contributed by atoms with E-state index in [0.29, 0.717) is 0 Å². The quantitative estimate of drug-likeness (QED) is 0.787. The Morgan fingerprint density at radius 3 is 2.69 bits per heavy atom. The minimum atomic E-state index is -0.252. The molecular weight excluding hydrogens is 202 g/mol. The molecule has 0 spiro atoms. The maximum atomic E-state index is 11.0. The third-order valence-corrected chi connectivity index (χ3v) is 2.64. The van der Waals surface area contributed by atoms with Crippen molar-refractivity contribution in [2.45, 2.75) is 25.5 Å². The predicted molar refractivity (Wildman–Crippen MR) is 63.2 cm³/mol. The van der Waals surface area contributed by atoms with Crippen LogP contribution in [-0.2, 0) is 9.53 Å². The molecule has 0 amide bonds. The van der Waals surface area contributed by atoms with Crippen LogP contribution in [0.2, 0.25) is 0 Å². The highest BCUT2D eigenvalue weighted by Crippen LogP contribution is 2.17. The van der Waals surface area contributed by atoms with E-state index in [-0.39, 0.29) is 18.1 Å². The second kappa shape index (κ2) is 4.84. The Morgan fingerprint density at radius 1 is 1.38 bits per heavy atom. The van der Waals surface area contributed by atoms with Crippen LogP contribution in [0.15, 0.2) is 42.5 Å². The first kappa shape index (κ1) is 10.7. The number of hydrogen-bond donors (Lipinski definition) is 1. The van der Waals surface area contributed by atoms with Gasteiger partial charge in [0, 0.05) is 11.8 Å². The SMILES string of the molecule is CCC(Nc1ccccc1)C1C=CC(=O)O1. The Labute approximate surface area is 95.1 Å². The first-order valence-corrected chi connectivity index (χ1v) is 5.50. The van der Waals surface area contributed by atoms with Gasteiger partial charge in [0.2, 0.25) is 0 Å². The van der Waals surface area contributed by atoms with Gasteiger partial charge in [-0.3, -0.25) is 0 Å². The summed E-state index contributed by atoms with van der Waals surface area (Å²) in [5.41, 5.74) is 1.05. The lowest BCUT2D eigenvalue weighted by Crippen LogP contribution is -2.32. The highest BCUT2D eigenvalue weighted by Gasteiger charge is 2.24. The van der Waals surface area contributed by atoms with Crippen LogP contribution >= 0.6 is 0 Å². The monoisotopic (exact) mass is 217 g/mol. The van der Waals surface area contributed by atoms with Crippen LogP contribution in [0.5, 0.6) is 0 Å². The molecule has 0 aromatic heterocycles. The topological polar surface area (TPSA) is 38.3 Å². The minimum absolute atomic E-state index is 0.130.